The van der Waals surface area contributed by atoms with Crippen LogP contribution in [0.4, 0.5) is 20.3 Å². The van der Waals surface area contributed by atoms with Crippen LogP contribution in [0.25, 0.3) is 0 Å². The molecule has 29 heavy (non-hydrogen) atoms. The maximum Gasteiger partial charge on any atom is 0.191 e. The van der Waals surface area contributed by atoms with E-state index < -0.39 is 11.6 Å². The second-order valence-electron chi connectivity index (χ2n) is 6.98. The Balaban J connectivity index is 0.00000300. The molecule has 0 aliphatic carbocycles. The molecule has 1 fully saturated rings. The number of pyridine rings is 1. The predicted octanol–water partition coefficient (Wildman–Crippen LogP) is 2.99. The Bertz CT molecular complexity index is 845. The molecule has 2 heterocycles. The fourth-order valence-electron chi connectivity index (χ4n) is 3.37. The second-order valence-corrected chi connectivity index (χ2v) is 6.98. The summed E-state index contributed by atoms with van der Waals surface area (Å²) in [4.78, 5) is 12.6. The van der Waals surface area contributed by atoms with Gasteiger partial charge in [-0.05, 0) is 24.6 Å². The molecule has 0 saturated carbocycles. The minimum absolute atomic E-state index is 0. The van der Waals surface area contributed by atoms with E-state index in [1.807, 2.05) is 36.0 Å². The molecule has 3 rings (SSSR count). The highest BCUT2D eigenvalue weighted by Gasteiger charge is 2.25. The lowest BCUT2D eigenvalue weighted by Crippen LogP contribution is -2.44. The third kappa shape index (κ3) is 5.91. The number of hydrogen-bond acceptors (Lipinski definition) is 4. The van der Waals surface area contributed by atoms with Crippen LogP contribution in [-0.4, -0.2) is 51.2 Å². The molecule has 0 amide bonds. The summed E-state index contributed by atoms with van der Waals surface area (Å²) in [5.41, 5.74) is 1.50. The Hall–Kier alpha value is -2.17. The Kier molecular flexibility index (Phi) is 8.42. The largest absolute Gasteiger partial charge is 0.367 e. The van der Waals surface area contributed by atoms with E-state index in [2.05, 4.69) is 20.6 Å². The van der Waals surface area contributed by atoms with Crippen molar-refractivity contribution in [2.75, 3.05) is 44.0 Å². The van der Waals surface area contributed by atoms with Gasteiger partial charge >= 0.3 is 0 Å². The molecule has 0 radical (unpaired) electrons. The molecule has 2 N–H and O–H groups in total. The first-order chi connectivity index (χ1) is 13.5. The van der Waals surface area contributed by atoms with Gasteiger partial charge in [-0.15, -0.1) is 24.0 Å². The molecule has 1 atom stereocenters. The van der Waals surface area contributed by atoms with E-state index in [0.29, 0.717) is 31.3 Å². The Morgan fingerprint density at radius 2 is 2.10 bits per heavy atom. The Labute approximate surface area is 187 Å². The van der Waals surface area contributed by atoms with Gasteiger partial charge in [0.2, 0.25) is 0 Å². The lowest BCUT2D eigenvalue weighted by Gasteiger charge is -2.21. The van der Waals surface area contributed by atoms with Crippen molar-refractivity contribution in [1.82, 2.24) is 15.6 Å². The minimum atomic E-state index is -0.563. The normalized spacial score (nSPS) is 16.4. The molecule has 1 unspecified atom stereocenters. The van der Waals surface area contributed by atoms with E-state index in [-0.39, 0.29) is 30.0 Å². The molecule has 1 aliphatic rings. The van der Waals surface area contributed by atoms with Crippen LogP contribution in [0.2, 0.25) is 0 Å². The molecule has 0 spiro atoms. The number of benzene rings is 1. The van der Waals surface area contributed by atoms with E-state index in [0.717, 1.165) is 23.9 Å². The van der Waals surface area contributed by atoms with Crippen LogP contribution < -0.4 is 20.4 Å². The summed E-state index contributed by atoms with van der Waals surface area (Å²) in [7, 11) is 5.64. The topological polar surface area (TPSA) is 55.8 Å². The smallest absolute Gasteiger partial charge is 0.191 e. The fourth-order valence-corrected chi connectivity index (χ4v) is 3.37. The van der Waals surface area contributed by atoms with Gasteiger partial charge in [-0.3, -0.25) is 4.99 Å². The number of rotatable bonds is 5. The quantitative estimate of drug-likeness (QED) is 0.364. The molecule has 2 aromatic rings. The fraction of sp³-hybridized carbons (Fsp3) is 0.400. The Morgan fingerprint density at radius 1 is 1.31 bits per heavy atom. The highest BCUT2D eigenvalue weighted by molar-refractivity contribution is 14.0. The number of halogens is 3. The number of anilines is 2. The molecular formula is C20H27F2IN6. The van der Waals surface area contributed by atoms with Gasteiger partial charge < -0.3 is 20.4 Å². The van der Waals surface area contributed by atoms with Crippen molar-refractivity contribution in [3.05, 3.63) is 53.7 Å². The minimum Gasteiger partial charge on any atom is -0.367 e. The van der Waals surface area contributed by atoms with Crippen molar-refractivity contribution in [3.63, 3.8) is 0 Å². The molecule has 6 nitrogen and oxygen atoms in total. The van der Waals surface area contributed by atoms with Crippen molar-refractivity contribution in [1.29, 1.82) is 0 Å². The second kappa shape index (κ2) is 10.6. The van der Waals surface area contributed by atoms with Crippen molar-refractivity contribution in [2.24, 2.45) is 4.99 Å². The first-order valence-corrected chi connectivity index (χ1v) is 9.26. The van der Waals surface area contributed by atoms with Crippen LogP contribution >= 0.6 is 24.0 Å². The van der Waals surface area contributed by atoms with Crippen LogP contribution in [0.5, 0.6) is 0 Å². The maximum atomic E-state index is 14.0. The summed E-state index contributed by atoms with van der Waals surface area (Å²) in [6, 6.07) is 7.76. The van der Waals surface area contributed by atoms with Gasteiger partial charge in [0.1, 0.15) is 17.5 Å². The van der Waals surface area contributed by atoms with Crippen molar-refractivity contribution >= 4 is 41.4 Å². The zero-order chi connectivity index (χ0) is 20.1. The first-order valence-electron chi connectivity index (χ1n) is 9.26. The third-order valence-electron chi connectivity index (χ3n) is 4.74. The summed E-state index contributed by atoms with van der Waals surface area (Å²) in [6.07, 6.45) is 2.61. The summed E-state index contributed by atoms with van der Waals surface area (Å²) in [5.74, 6) is 0.493. The highest BCUT2D eigenvalue weighted by Crippen LogP contribution is 2.24. The summed E-state index contributed by atoms with van der Waals surface area (Å²) >= 11 is 0. The summed E-state index contributed by atoms with van der Waals surface area (Å²) in [6.45, 7) is 1.91. The number of nitrogens with one attached hydrogen (secondary N) is 2. The zero-order valence-corrected chi connectivity index (χ0v) is 19.2. The third-order valence-corrected chi connectivity index (χ3v) is 4.74. The SMILES string of the molecule is CN=C(NCc1cccnc1N(C)C)NC1CCN(c2ccc(F)cc2F)C1.I. The lowest BCUT2D eigenvalue weighted by atomic mass is 10.2. The molecule has 1 aromatic carbocycles. The summed E-state index contributed by atoms with van der Waals surface area (Å²) < 4.78 is 27.2. The average molecular weight is 516 g/mol. The van der Waals surface area contributed by atoms with Gasteiger partial charge in [-0.1, -0.05) is 6.07 Å². The first kappa shape index (κ1) is 23.1. The number of aromatic nitrogens is 1. The standard InChI is InChI=1S/C20H26F2N6.HI/c1-23-20(25-12-14-5-4-9-24-19(14)27(2)3)26-16-8-10-28(13-16)18-7-6-15(21)11-17(18)22;/h4-7,9,11,16H,8,10,12-13H2,1-3H3,(H2,23,25,26);1H. The molecule has 1 saturated heterocycles. The van der Waals surface area contributed by atoms with E-state index >= 15 is 0 Å². The van der Waals surface area contributed by atoms with E-state index in [1.54, 1.807) is 13.2 Å². The number of aliphatic imine (C=N–C) groups is 1. The van der Waals surface area contributed by atoms with Crippen LogP contribution in [0, 0.1) is 11.6 Å². The van der Waals surface area contributed by atoms with Crippen LogP contribution in [0.1, 0.15) is 12.0 Å². The molecular weight excluding hydrogens is 489 g/mol. The number of hydrogen-bond donors (Lipinski definition) is 2. The molecule has 158 valence electrons. The monoisotopic (exact) mass is 516 g/mol. The average Bonchev–Trinajstić information content (AvgIpc) is 3.13. The molecule has 0 bridgehead atoms. The maximum absolute atomic E-state index is 14.0. The van der Waals surface area contributed by atoms with Crippen molar-refractivity contribution in [2.45, 2.75) is 19.0 Å². The van der Waals surface area contributed by atoms with Crippen LogP contribution in [-0.2, 0) is 6.54 Å². The number of nitrogens with zero attached hydrogens (tertiary/aromatic N) is 4. The van der Waals surface area contributed by atoms with E-state index in [1.165, 1.54) is 12.1 Å². The van der Waals surface area contributed by atoms with Gasteiger partial charge in [-0.2, -0.15) is 0 Å². The number of guanidine groups is 1. The predicted molar refractivity (Wildman–Crippen MR) is 124 cm³/mol. The molecule has 9 heteroatoms. The van der Waals surface area contributed by atoms with Gasteiger partial charge in [0, 0.05) is 64.6 Å². The lowest BCUT2D eigenvalue weighted by molar-refractivity contribution is 0.580. The van der Waals surface area contributed by atoms with Gasteiger partial charge in [0.25, 0.3) is 0 Å². The van der Waals surface area contributed by atoms with Crippen molar-refractivity contribution in [3.8, 4) is 0 Å². The van der Waals surface area contributed by atoms with Crippen molar-refractivity contribution < 1.29 is 8.78 Å². The van der Waals surface area contributed by atoms with E-state index in [4.69, 9.17) is 0 Å². The van der Waals surface area contributed by atoms with Gasteiger partial charge in [-0.25, -0.2) is 13.8 Å². The van der Waals surface area contributed by atoms with Crippen LogP contribution in [0.15, 0.2) is 41.5 Å². The molecule has 1 aliphatic heterocycles. The highest BCUT2D eigenvalue weighted by atomic mass is 127. The van der Waals surface area contributed by atoms with Crippen LogP contribution in [0.3, 0.4) is 0 Å². The molecule has 1 aromatic heterocycles. The van der Waals surface area contributed by atoms with Gasteiger partial charge in [0.05, 0.1) is 5.69 Å². The van der Waals surface area contributed by atoms with E-state index in [9.17, 15) is 8.78 Å². The summed E-state index contributed by atoms with van der Waals surface area (Å²) in [5, 5.41) is 6.69. The Morgan fingerprint density at radius 3 is 2.79 bits per heavy atom. The van der Waals surface area contributed by atoms with Gasteiger partial charge in [0.15, 0.2) is 5.96 Å². The zero-order valence-electron chi connectivity index (χ0n) is 16.8.